The molecule has 8 saturated carbocycles. The highest BCUT2D eigenvalue weighted by molar-refractivity contribution is 7.14. The predicted octanol–water partition coefficient (Wildman–Crippen LogP) is 23.5. The van der Waals surface area contributed by atoms with Crippen LogP contribution >= 0.6 is 22.7 Å². The van der Waals surface area contributed by atoms with Gasteiger partial charge in [0.25, 0.3) is 0 Å². The van der Waals surface area contributed by atoms with Gasteiger partial charge in [-0.25, -0.2) is 19.6 Å². The number of hydrogen-bond acceptors (Lipinski definition) is 12. The summed E-state index contributed by atoms with van der Waals surface area (Å²) in [7, 11) is 0. The van der Waals surface area contributed by atoms with Gasteiger partial charge in [-0.2, -0.15) is 0 Å². The fourth-order valence-electron chi connectivity index (χ4n) is 28.1. The van der Waals surface area contributed by atoms with Gasteiger partial charge in [0.05, 0.1) is 29.1 Å². The van der Waals surface area contributed by atoms with E-state index in [0.717, 1.165) is 77.1 Å². The van der Waals surface area contributed by atoms with Crippen molar-refractivity contribution in [3.8, 4) is 22.8 Å². The molecule has 0 spiro atoms. The zero-order chi connectivity index (χ0) is 76.8. The van der Waals surface area contributed by atoms with Crippen LogP contribution in [0.3, 0.4) is 0 Å². The molecule has 5 aromatic heterocycles. The Morgan fingerprint density at radius 3 is 1.46 bits per heavy atom. The van der Waals surface area contributed by atoms with Gasteiger partial charge < -0.3 is 20.4 Å². The van der Waals surface area contributed by atoms with Crippen molar-refractivity contribution < 1.29 is 24.6 Å². The topological polar surface area (TPSA) is 171 Å². The molecule has 12 nitrogen and oxygen atoms in total. The number of aromatic carboxylic acids is 2. The van der Waals surface area contributed by atoms with E-state index in [2.05, 4.69) is 150 Å². The highest BCUT2D eigenvalue weighted by atomic mass is 32.1. The Bertz CT molecular complexity index is 4740. The van der Waals surface area contributed by atoms with Gasteiger partial charge in [-0.15, -0.1) is 22.7 Å². The van der Waals surface area contributed by atoms with Crippen molar-refractivity contribution in [2.24, 2.45) is 102 Å². The maximum Gasteiger partial charge on any atom is 0.335 e. The molecule has 572 valence electrons. The van der Waals surface area contributed by atoms with E-state index in [1.54, 1.807) is 53.1 Å². The molecule has 0 saturated heterocycles. The molecule has 0 unspecified atom stereocenters. The third-order valence-electron chi connectivity index (χ3n) is 33.4. The van der Waals surface area contributed by atoms with Crippen molar-refractivity contribution >= 4 is 61.8 Å². The summed E-state index contributed by atoms with van der Waals surface area (Å²) in [5, 5.41) is 29.5. The van der Waals surface area contributed by atoms with Crippen LogP contribution < -0.4 is 10.2 Å². The lowest BCUT2D eigenvalue weighted by Gasteiger charge is -2.73. The van der Waals surface area contributed by atoms with Gasteiger partial charge in [0, 0.05) is 40.4 Å². The fraction of sp³-hybridized carbons (Fsp3) is 0.537. The molecule has 8 fully saturated rings. The van der Waals surface area contributed by atoms with Crippen LogP contribution in [0, 0.1) is 102 Å². The number of rotatable bonds is 15. The number of Topliss-reactive ketones (excluding diaryl/α,β-unsaturated/α-hetero) is 1. The molecule has 0 amide bonds. The normalized spacial score (nSPS) is 36.3. The van der Waals surface area contributed by atoms with Gasteiger partial charge in [0.15, 0.2) is 16.0 Å². The summed E-state index contributed by atoms with van der Waals surface area (Å²) in [5.74, 6) is 3.63. The first-order valence-corrected chi connectivity index (χ1v) is 42.8. The van der Waals surface area contributed by atoms with E-state index in [0.29, 0.717) is 76.0 Å². The fourth-order valence-corrected chi connectivity index (χ4v) is 29.8. The number of carboxylic acids is 2. The molecule has 0 aliphatic heterocycles. The molecule has 5 heterocycles. The molecule has 0 bridgehead atoms. The molecular weight excluding hydrogens is 1380 g/mol. The van der Waals surface area contributed by atoms with E-state index in [1.807, 2.05) is 85.2 Å². The molecule has 7 aromatic rings. The average Bonchev–Trinajstić information content (AvgIpc) is 1.64. The number of carbonyl (C=O) groups excluding carboxylic acids is 1. The van der Waals surface area contributed by atoms with Crippen LogP contribution in [0.1, 0.15) is 241 Å². The lowest BCUT2D eigenvalue weighted by atomic mass is 9.33. The number of allylic oxidation sites excluding steroid dienone is 6. The molecule has 2 aromatic carbocycles. The van der Waals surface area contributed by atoms with E-state index in [4.69, 9.17) is 9.97 Å². The minimum Gasteiger partial charge on any atom is -0.478 e. The summed E-state index contributed by atoms with van der Waals surface area (Å²) < 4.78 is 0. The largest absolute Gasteiger partial charge is 0.478 e. The molecule has 109 heavy (non-hydrogen) atoms. The highest BCUT2D eigenvalue weighted by Crippen LogP contribution is 2.80. The zero-order valence-corrected chi connectivity index (χ0v) is 68.2. The number of benzene rings is 2. The minimum atomic E-state index is -0.882. The van der Waals surface area contributed by atoms with Crippen molar-refractivity contribution in [2.75, 3.05) is 16.8 Å². The third-order valence-corrected chi connectivity index (χ3v) is 35.0. The van der Waals surface area contributed by atoms with Crippen LogP contribution in [0.25, 0.3) is 33.9 Å². The van der Waals surface area contributed by atoms with E-state index in [9.17, 15) is 24.6 Å². The second-order valence-electron chi connectivity index (χ2n) is 38.3. The first kappa shape index (κ1) is 75.4. The van der Waals surface area contributed by atoms with E-state index >= 15 is 0 Å². The average molecular weight is 1500 g/mol. The summed E-state index contributed by atoms with van der Waals surface area (Å²) in [6, 6.07) is 32.8. The molecule has 0 radical (unpaired) electrons. The van der Waals surface area contributed by atoms with Crippen molar-refractivity contribution in [1.29, 1.82) is 0 Å². The van der Waals surface area contributed by atoms with Gasteiger partial charge in [-0.1, -0.05) is 148 Å². The highest BCUT2D eigenvalue weighted by Gasteiger charge is 2.74. The van der Waals surface area contributed by atoms with E-state index in [-0.39, 0.29) is 66.7 Å². The Kier molecular flexibility index (Phi) is 18.9. The summed E-state index contributed by atoms with van der Waals surface area (Å²) >= 11 is 3.38. The Morgan fingerprint density at radius 1 is 0.486 bits per heavy atom. The zero-order valence-electron chi connectivity index (χ0n) is 66.6. The number of thiazole rings is 2. The van der Waals surface area contributed by atoms with E-state index < -0.39 is 11.9 Å². The molecule has 10 aliphatic carbocycles. The van der Waals surface area contributed by atoms with Crippen molar-refractivity contribution in [3.05, 3.63) is 197 Å². The van der Waals surface area contributed by atoms with Gasteiger partial charge in [-0.05, 0) is 315 Å². The second-order valence-corrected chi connectivity index (χ2v) is 40.0. The molecule has 10 aliphatic rings. The summed E-state index contributed by atoms with van der Waals surface area (Å²) in [4.78, 5) is 64.1. The maximum absolute atomic E-state index is 14.3. The van der Waals surface area contributed by atoms with E-state index in [1.165, 1.54) is 105 Å². The van der Waals surface area contributed by atoms with Gasteiger partial charge in [0.1, 0.15) is 17.1 Å². The number of carbonyl (C=O) groups is 3. The smallest absolute Gasteiger partial charge is 0.335 e. The maximum atomic E-state index is 14.3. The van der Waals surface area contributed by atoms with Crippen molar-refractivity contribution in [2.45, 2.75) is 210 Å². The predicted molar refractivity (Wildman–Crippen MR) is 442 cm³/mol. The lowest BCUT2D eigenvalue weighted by molar-refractivity contribution is -0.217. The third kappa shape index (κ3) is 11.7. The monoisotopic (exact) mass is 1500 g/mol. The Labute approximate surface area is 655 Å². The number of hydrogen-bond donors (Lipinski definition) is 3. The quantitative estimate of drug-likeness (QED) is 0.0656. The first-order chi connectivity index (χ1) is 51.9. The van der Waals surface area contributed by atoms with Crippen LogP contribution in [0.5, 0.6) is 0 Å². The number of fused-ring (bicyclic) bond motifs is 14. The van der Waals surface area contributed by atoms with Crippen molar-refractivity contribution in [3.63, 3.8) is 0 Å². The van der Waals surface area contributed by atoms with Crippen LogP contribution in [0.2, 0.25) is 0 Å². The Hall–Kier alpha value is -7.68. The summed E-state index contributed by atoms with van der Waals surface area (Å²) in [5.41, 5.74) is 13.5. The van der Waals surface area contributed by atoms with Crippen LogP contribution in [-0.2, 0) is 0 Å². The lowest BCUT2D eigenvalue weighted by Crippen LogP contribution is -2.68. The molecule has 3 N–H and O–H groups in total. The number of nitrogens with one attached hydrogen (secondary N) is 1. The number of carboxylic acid groups (broad SMARTS) is 2. The molecule has 14 heteroatoms. The van der Waals surface area contributed by atoms with Gasteiger partial charge >= 0.3 is 11.9 Å². The SMILES string of the molecule is C=C(C)[C@@H]1CC[C@]2(N(CC(=O)c3ccccn3)c3nc(-c4ccccn4)cs3)CC[C@]3(C)[C@H](CC[C@@H]4[C@@]5(C)CC=C(c6ccc(C(=O)O)cc6)C(C)(C)[C@@H]5CC[C@]43C)[C@@H]12.C=C(C)[C@@H]1CC[C@]2(Nc3nc(-c4ccccn4)cs3)CC[C@]3(C)[C@H](CC[C@@H]4[C@@]5(C)CC=C(c6ccc(C(=O)O)cc6)C(C)(C)[C@@H]5CC[C@]43C)[C@@H]12. The molecular formula is C95H115N7O5S2. The Balaban J connectivity index is 0.000000168. The number of ketones is 1. The van der Waals surface area contributed by atoms with Crippen LogP contribution in [0.15, 0.2) is 169 Å². The number of aromatic nitrogens is 5. The molecule has 18 atom stereocenters. The standard InChI is InChI=1S/C51H60N4O3S.C44H55N3O2S/c1-32(2)35-20-25-51(55(30-41(56)39-13-9-11-29-53-39)46-54-40(31-59-46)38-12-8-10-28-52-38)27-26-49(6)37(44(35)51)18-19-43-48(5)23-21-36(33-14-16-34(17-15-33)45(57)58)47(3,4)42(48)22-24-50(43,49)7;1-27(2)30-17-22-44(47-39-46-34(26-50-39)33-10-8-9-25-45-33)24-23-42(6)32(37(30)44)15-16-36-41(5)20-18-31(28-11-13-29(14-12-28)38(48)49)40(3,4)35(41)19-21-43(36,42)7/h8-17,21,28-29,31,35,37,42-44H,1,18-20,22-27,30H2,2-7H3,(H,57,58);8-14,18,25-26,30,32,35-37H,1,15-17,19-24H2,2-7H3,(H,46,47)(H,48,49)/t35-,37+,42-,43+,44+,48-,49+,50+,51-;30-,32+,35-,36+,37+,41-,42+,43+,44-/m00/s1. The Morgan fingerprint density at radius 2 is 0.963 bits per heavy atom. The molecule has 17 rings (SSSR count). The minimum absolute atomic E-state index is 0.0147. The number of nitrogens with zero attached hydrogens (tertiary/aromatic N) is 6. The van der Waals surface area contributed by atoms with Crippen LogP contribution in [-0.4, -0.2) is 70.5 Å². The number of pyridine rings is 3. The van der Waals surface area contributed by atoms with Gasteiger partial charge in [0.2, 0.25) is 0 Å². The van der Waals surface area contributed by atoms with Crippen molar-refractivity contribution in [1.82, 2.24) is 24.9 Å². The van der Waals surface area contributed by atoms with Crippen LogP contribution in [0.4, 0.5) is 10.3 Å². The summed E-state index contributed by atoms with van der Waals surface area (Å²) in [6.45, 7) is 40.0. The first-order valence-electron chi connectivity index (χ1n) is 41.0. The summed E-state index contributed by atoms with van der Waals surface area (Å²) in [6.07, 6.45) is 31.6. The number of anilines is 2. The van der Waals surface area contributed by atoms with Gasteiger partial charge in [-0.3, -0.25) is 19.7 Å². The second kappa shape index (κ2) is 27.3.